The monoisotopic (exact) mass is 288 g/mol. The van der Waals surface area contributed by atoms with Crippen molar-refractivity contribution in [3.8, 4) is 0 Å². The molecule has 0 spiro atoms. The lowest BCUT2D eigenvalue weighted by molar-refractivity contribution is 0.0576. The van der Waals surface area contributed by atoms with E-state index >= 15 is 0 Å². The average Bonchev–Trinajstić information content (AvgIpc) is 2.39. The van der Waals surface area contributed by atoms with Gasteiger partial charge in [-0.2, -0.15) is 0 Å². The first kappa shape index (κ1) is 15.1. The summed E-state index contributed by atoms with van der Waals surface area (Å²) in [6.45, 7) is 6.20. The summed E-state index contributed by atoms with van der Waals surface area (Å²) in [5.74, 6) is 0.529. The van der Waals surface area contributed by atoms with Crippen LogP contribution in [-0.2, 0) is 12.0 Å². The largest absolute Gasteiger partial charge is 0.385 e. The Kier molecular flexibility index (Phi) is 4.52. The van der Waals surface area contributed by atoms with Gasteiger partial charge in [-0.05, 0) is 41.7 Å². The van der Waals surface area contributed by atoms with Crippen LogP contribution in [-0.4, -0.2) is 5.11 Å². The van der Waals surface area contributed by atoms with Crippen molar-refractivity contribution in [1.29, 1.82) is 0 Å². The second kappa shape index (κ2) is 5.99. The molecule has 2 heteroatoms. The molecule has 0 amide bonds. The molecule has 1 atom stereocenters. The summed E-state index contributed by atoms with van der Waals surface area (Å²) < 4.78 is 0. The third-order valence-corrected chi connectivity index (χ3v) is 3.91. The van der Waals surface area contributed by atoms with Crippen molar-refractivity contribution >= 4 is 11.6 Å². The van der Waals surface area contributed by atoms with Crippen LogP contribution in [0.25, 0.3) is 0 Å². The molecule has 0 aromatic heterocycles. The molecule has 1 unspecified atom stereocenters. The lowest BCUT2D eigenvalue weighted by Gasteiger charge is -2.24. The standard InChI is InChI=1S/C18H21ClO/c1-13(2)15-6-4-14(5-7-15)12-18(3,20)16-8-10-17(19)11-9-16/h4-11,13,20H,12H2,1-3H3. The maximum Gasteiger partial charge on any atom is 0.0908 e. The Hall–Kier alpha value is -1.31. The summed E-state index contributed by atoms with van der Waals surface area (Å²) in [6, 6.07) is 15.9. The highest BCUT2D eigenvalue weighted by Crippen LogP contribution is 2.27. The fourth-order valence-electron chi connectivity index (χ4n) is 2.33. The first-order valence-electron chi connectivity index (χ1n) is 6.96. The molecule has 2 rings (SSSR count). The van der Waals surface area contributed by atoms with Crippen LogP contribution in [0, 0.1) is 0 Å². The molecule has 0 heterocycles. The molecule has 0 aliphatic rings. The fourth-order valence-corrected chi connectivity index (χ4v) is 2.45. The summed E-state index contributed by atoms with van der Waals surface area (Å²) in [5, 5.41) is 11.4. The van der Waals surface area contributed by atoms with Crippen LogP contribution < -0.4 is 0 Å². The number of hydrogen-bond donors (Lipinski definition) is 1. The van der Waals surface area contributed by atoms with E-state index in [0.29, 0.717) is 17.4 Å². The molecule has 0 saturated carbocycles. The maximum absolute atomic E-state index is 10.7. The highest BCUT2D eigenvalue weighted by atomic mass is 35.5. The topological polar surface area (TPSA) is 20.2 Å². The van der Waals surface area contributed by atoms with Gasteiger partial charge in [0.25, 0.3) is 0 Å². The summed E-state index contributed by atoms with van der Waals surface area (Å²) in [7, 11) is 0. The van der Waals surface area contributed by atoms with Gasteiger partial charge in [0.1, 0.15) is 0 Å². The van der Waals surface area contributed by atoms with E-state index in [4.69, 9.17) is 11.6 Å². The number of hydrogen-bond acceptors (Lipinski definition) is 1. The molecular formula is C18H21ClO. The number of benzene rings is 2. The summed E-state index contributed by atoms with van der Waals surface area (Å²) >= 11 is 5.89. The minimum atomic E-state index is -0.885. The highest BCUT2D eigenvalue weighted by molar-refractivity contribution is 6.30. The predicted molar refractivity (Wildman–Crippen MR) is 85.3 cm³/mol. The van der Waals surface area contributed by atoms with E-state index in [0.717, 1.165) is 11.1 Å². The normalized spacial score (nSPS) is 14.3. The Balaban J connectivity index is 2.17. The Bertz CT molecular complexity index is 553. The molecule has 0 aliphatic heterocycles. The third kappa shape index (κ3) is 3.62. The van der Waals surface area contributed by atoms with Gasteiger partial charge >= 0.3 is 0 Å². The zero-order valence-electron chi connectivity index (χ0n) is 12.2. The summed E-state index contributed by atoms with van der Waals surface area (Å²) in [6.07, 6.45) is 0.590. The second-order valence-corrected chi connectivity index (χ2v) is 6.29. The summed E-state index contributed by atoms with van der Waals surface area (Å²) in [5.41, 5.74) is 2.45. The van der Waals surface area contributed by atoms with Gasteiger partial charge in [-0.1, -0.05) is 61.8 Å². The van der Waals surface area contributed by atoms with Gasteiger partial charge in [0.05, 0.1) is 5.60 Å². The molecule has 0 bridgehead atoms. The lowest BCUT2D eigenvalue weighted by Crippen LogP contribution is -2.24. The first-order chi connectivity index (χ1) is 9.38. The van der Waals surface area contributed by atoms with E-state index in [-0.39, 0.29) is 0 Å². The minimum absolute atomic E-state index is 0.529. The van der Waals surface area contributed by atoms with Crippen LogP contribution >= 0.6 is 11.6 Å². The smallest absolute Gasteiger partial charge is 0.0908 e. The predicted octanol–water partition coefficient (Wildman–Crippen LogP) is 4.91. The zero-order chi connectivity index (χ0) is 14.8. The molecule has 1 N–H and O–H groups in total. The highest BCUT2D eigenvalue weighted by Gasteiger charge is 2.23. The molecule has 0 fully saturated rings. The van der Waals surface area contributed by atoms with Crippen LogP contribution in [0.15, 0.2) is 48.5 Å². The van der Waals surface area contributed by atoms with Gasteiger partial charge in [0, 0.05) is 11.4 Å². The molecule has 2 aromatic rings. The molecule has 106 valence electrons. The van der Waals surface area contributed by atoms with Gasteiger partial charge in [0.2, 0.25) is 0 Å². The minimum Gasteiger partial charge on any atom is -0.385 e. The molecule has 2 aromatic carbocycles. The molecule has 0 aliphatic carbocycles. The van der Waals surface area contributed by atoms with E-state index in [1.54, 1.807) is 0 Å². The van der Waals surface area contributed by atoms with Crippen molar-refractivity contribution in [3.05, 3.63) is 70.2 Å². The Morgan fingerprint density at radius 2 is 1.55 bits per heavy atom. The lowest BCUT2D eigenvalue weighted by atomic mass is 9.88. The first-order valence-corrected chi connectivity index (χ1v) is 7.33. The number of rotatable bonds is 4. The van der Waals surface area contributed by atoms with Crippen molar-refractivity contribution in [2.45, 2.75) is 38.7 Å². The van der Waals surface area contributed by atoms with E-state index in [2.05, 4.69) is 38.1 Å². The Morgan fingerprint density at radius 1 is 1.00 bits per heavy atom. The van der Waals surface area contributed by atoms with E-state index in [1.807, 2.05) is 31.2 Å². The number of halogens is 1. The maximum atomic E-state index is 10.7. The van der Waals surface area contributed by atoms with Crippen LogP contribution in [0.4, 0.5) is 0 Å². The van der Waals surface area contributed by atoms with Gasteiger partial charge in [0.15, 0.2) is 0 Å². The Labute approximate surface area is 126 Å². The van der Waals surface area contributed by atoms with Gasteiger partial charge < -0.3 is 5.11 Å². The average molecular weight is 289 g/mol. The molecule has 0 radical (unpaired) electrons. The Morgan fingerprint density at radius 3 is 2.05 bits per heavy atom. The van der Waals surface area contributed by atoms with Gasteiger partial charge in [-0.15, -0.1) is 0 Å². The molecular weight excluding hydrogens is 268 g/mol. The molecule has 0 saturated heterocycles. The van der Waals surface area contributed by atoms with Crippen LogP contribution in [0.1, 0.15) is 43.4 Å². The van der Waals surface area contributed by atoms with Crippen molar-refractivity contribution < 1.29 is 5.11 Å². The van der Waals surface area contributed by atoms with Crippen molar-refractivity contribution in [2.24, 2.45) is 0 Å². The van der Waals surface area contributed by atoms with E-state index in [9.17, 15) is 5.11 Å². The number of aliphatic hydroxyl groups is 1. The molecule has 1 nitrogen and oxygen atoms in total. The summed E-state index contributed by atoms with van der Waals surface area (Å²) in [4.78, 5) is 0. The van der Waals surface area contributed by atoms with Gasteiger partial charge in [-0.25, -0.2) is 0 Å². The SMILES string of the molecule is CC(C)c1ccc(CC(C)(O)c2ccc(Cl)cc2)cc1. The van der Waals surface area contributed by atoms with Crippen LogP contribution in [0.2, 0.25) is 5.02 Å². The fraction of sp³-hybridized carbons (Fsp3) is 0.333. The third-order valence-electron chi connectivity index (χ3n) is 3.66. The zero-order valence-corrected chi connectivity index (χ0v) is 13.0. The van der Waals surface area contributed by atoms with Crippen molar-refractivity contribution in [2.75, 3.05) is 0 Å². The van der Waals surface area contributed by atoms with Crippen LogP contribution in [0.5, 0.6) is 0 Å². The van der Waals surface area contributed by atoms with Crippen molar-refractivity contribution in [3.63, 3.8) is 0 Å². The van der Waals surface area contributed by atoms with E-state index in [1.165, 1.54) is 5.56 Å². The van der Waals surface area contributed by atoms with Crippen molar-refractivity contribution in [1.82, 2.24) is 0 Å². The van der Waals surface area contributed by atoms with Gasteiger partial charge in [-0.3, -0.25) is 0 Å². The quantitative estimate of drug-likeness (QED) is 0.847. The van der Waals surface area contributed by atoms with Crippen LogP contribution in [0.3, 0.4) is 0 Å². The molecule has 20 heavy (non-hydrogen) atoms. The second-order valence-electron chi connectivity index (χ2n) is 5.85. The van der Waals surface area contributed by atoms with E-state index < -0.39 is 5.60 Å².